The van der Waals surface area contributed by atoms with E-state index in [4.69, 9.17) is 37.7 Å². The number of halogens is 2. The molecule has 0 N–H and O–H groups in total. The van der Waals surface area contributed by atoms with Crippen LogP contribution in [0.15, 0.2) is 71.3 Å². The van der Waals surface area contributed by atoms with Crippen molar-refractivity contribution in [2.24, 2.45) is 4.99 Å². The lowest BCUT2D eigenvalue weighted by Gasteiger charge is -2.11. The molecule has 1 aliphatic heterocycles. The van der Waals surface area contributed by atoms with Crippen molar-refractivity contribution in [3.05, 3.63) is 86.7 Å². The highest BCUT2D eigenvalue weighted by molar-refractivity contribution is 7.07. The second-order valence-electron chi connectivity index (χ2n) is 6.62. The zero-order chi connectivity index (χ0) is 20.5. The van der Waals surface area contributed by atoms with Crippen LogP contribution in [0.1, 0.15) is 5.56 Å². The molecule has 3 heterocycles. The Morgan fingerprint density at radius 1 is 1.07 bits per heavy atom. The quantitative estimate of drug-likeness (QED) is 0.383. The number of thiazole rings is 1. The maximum atomic E-state index is 6.51. The minimum Gasteiger partial charge on any atom is -0.454 e. The maximum Gasteiger partial charge on any atom is 0.231 e. The van der Waals surface area contributed by atoms with Gasteiger partial charge in [0.25, 0.3) is 0 Å². The standard InChI is InChI=1S/C22H15Cl2N3O2S/c23-15-4-5-17(18(24)9-15)19-12-30-22(26-16-2-1-7-25-10-16)27(19)11-14-3-6-20-21(8-14)29-13-28-20/h1-10,12H,11,13H2. The normalized spacial score (nSPS) is 13.1. The molecule has 0 aliphatic carbocycles. The summed E-state index contributed by atoms with van der Waals surface area (Å²) in [6, 6.07) is 15.3. The molecule has 30 heavy (non-hydrogen) atoms. The van der Waals surface area contributed by atoms with Crippen LogP contribution in [0.25, 0.3) is 11.3 Å². The topological polar surface area (TPSA) is 48.6 Å². The number of ether oxygens (including phenoxy) is 2. The summed E-state index contributed by atoms with van der Waals surface area (Å²) in [5.74, 6) is 1.51. The molecule has 1 aliphatic rings. The van der Waals surface area contributed by atoms with Gasteiger partial charge in [-0.05, 0) is 48.0 Å². The van der Waals surface area contributed by atoms with Gasteiger partial charge in [-0.25, -0.2) is 4.99 Å². The molecule has 4 aromatic rings. The Kier molecular flexibility index (Phi) is 5.21. The van der Waals surface area contributed by atoms with Crippen molar-refractivity contribution >= 4 is 40.2 Å². The number of hydrogen-bond acceptors (Lipinski definition) is 5. The molecule has 5 nitrogen and oxygen atoms in total. The van der Waals surface area contributed by atoms with Crippen molar-refractivity contribution < 1.29 is 9.47 Å². The first-order valence-corrected chi connectivity index (χ1v) is 10.8. The average Bonchev–Trinajstić information content (AvgIpc) is 3.36. The third-order valence-electron chi connectivity index (χ3n) is 4.65. The predicted octanol–water partition coefficient (Wildman–Crippen LogP) is 5.93. The molecule has 0 spiro atoms. The summed E-state index contributed by atoms with van der Waals surface area (Å²) in [4.78, 5) is 9.79. The van der Waals surface area contributed by atoms with Gasteiger partial charge in [-0.1, -0.05) is 29.3 Å². The van der Waals surface area contributed by atoms with Crippen LogP contribution in [-0.4, -0.2) is 16.3 Å². The van der Waals surface area contributed by atoms with Crippen molar-refractivity contribution in [2.75, 3.05) is 6.79 Å². The van der Waals surface area contributed by atoms with E-state index in [-0.39, 0.29) is 6.79 Å². The minimum absolute atomic E-state index is 0.248. The van der Waals surface area contributed by atoms with Crippen molar-refractivity contribution in [3.8, 4) is 22.8 Å². The number of fused-ring (bicyclic) bond motifs is 1. The Hall–Kier alpha value is -2.80. The van der Waals surface area contributed by atoms with E-state index in [1.807, 2.05) is 42.5 Å². The molecule has 0 saturated heterocycles. The van der Waals surface area contributed by atoms with Gasteiger partial charge >= 0.3 is 0 Å². The number of benzene rings is 2. The van der Waals surface area contributed by atoms with E-state index >= 15 is 0 Å². The number of nitrogens with zero attached hydrogens (tertiary/aromatic N) is 3. The fraction of sp³-hybridized carbons (Fsp3) is 0.0909. The third kappa shape index (κ3) is 3.81. The van der Waals surface area contributed by atoms with Gasteiger partial charge in [-0.15, -0.1) is 11.3 Å². The van der Waals surface area contributed by atoms with Crippen LogP contribution in [0.2, 0.25) is 10.0 Å². The van der Waals surface area contributed by atoms with Gasteiger partial charge in [-0.3, -0.25) is 4.98 Å². The number of pyridine rings is 1. The lowest BCUT2D eigenvalue weighted by atomic mass is 10.1. The maximum absolute atomic E-state index is 6.51. The Morgan fingerprint density at radius 2 is 1.97 bits per heavy atom. The second-order valence-corrected chi connectivity index (χ2v) is 8.30. The number of aromatic nitrogens is 2. The number of hydrogen-bond donors (Lipinski definition) is 0. The average molecular weight is 456 g/mol. The Balaban J connectivity index is 1.64. The third-order valence-corrected chi connectivity index (χ3v) is 6.06. The molecule has 8 heteroatoms. The van der Waals surface area contributed by atoms with E-state index in [2.05, 4.69) is 14.9 Å². The molecule has 0 unspecified atom stereocenters. The van der Waals surface area contributed by atoms with E-state index in [9.17, 15) is 0 Å². The highest BCUT2D eigenvalue weighted by Crippen LogP contribution is 2.34. The van der Waals surface area contributed by atoms with E-state index in [1.165, 1.54) is 0 Å². The molecular weight excluding hydrogens is 441 g/mol. The zero-order valence-electron chi connectivity index (χ0n) is 15.6. The van der Waals surface area contributed by atoms with Crippen molar-refractivity contribution in [1.82, 2.24) is 9.55 Å². The van der Waals surface area contributed by atoms with Gasteiger partial charge in [0.05, 0.1) is 29.1 Å². The summed E-state index contributed by atoms with van der Waals surface area (Å²) in [5.41, 5.74) is 3.71. The van der Waals surface area contributed by atoms with E-state index in [1.54, 1.807) is 29.8 Å². The molecule has 2 aromatic heterocycles. The summed E-state index contributed by atoms with van der Waals surface area (Å²) < 4.78 is 13.1. The molecule has 0 amide bonds. The first-order chi connectivity index (χ1) is 14.7. The fourth-order valence-electron chi connectivity index (χ4n) is 3.24. The SMILES string of the molecule is Clc1ccc(-c2csc(=Nc3cccnc3)n2Cc2ccc3c(c2)OCO3)c(Cl)c1. The molecule has 2 aromatic carbocycles. The largest absolute Gasteiger partial charge is 0.454 e. The summed E-state index contributed by atoms with van der Waals surface area (Å²) in [5, 5.41) is 3.24. The minimum atomic E-state index is 0.248. The molecule has 150 valence electrons. The van der Waals surface area contributed by atoms with Crippen molar-refractivity contribution in [2.45, 2.75) is 6.54 Å². The van der Waals surface area contributed by atoms with Crippen LogP contribution < -0.4 is 14.3 Å². The van der Waals surface area contributed by atoms with E-state index in [0.29, 0.717) is 16.6 Å². The van der Waals surface area contributed by atoms with Crippen LogP contribution in [0.4, 0.5) is 5.69 Å². The van der Waals surface area contributed by atoms with Crippen LogP contribution >= 0.6 is 34.5 Å². The Bertz CT molecular complexity index is 1290. The lowest BCUT2D eigenvalue weighted by molar-refractivity contribution is 0.174. The lowest BCUT2D eigenvalue weighted by Crippen LogP contribution is -2.16. The smallest absolute Gasteiger partial charge is 0.231 e. The molecule has 0 fully saturated rings. The van der Waals surface area contributed by atoms with Gasteiger partial charge < -0.3 is 14.0 Å². The van der Waals surface area contributed by atoms with Crippen LogP contribution in [0.5, 0.6) is 11.5 Å². The van der Waals surface area contributed by atoms with Gasteiger partial charge in [0.2, 0.25) is 6.79 Å². The van der Waals surface area contributed by atoms with Gasteiger partial charge in [0, 0.05) is 22.2 Å². The molecule has 0 bridgehead atoms. The predicted molar refractivity (Wildman–Crippen MR) is 119 cm³/mol. The van der Waals surface area contributed by atoms with Crippen molar-refractivity contribution in [1.29, 1.82) is 0 Å². The molecule has 0 atom stereocenters. The highest BCUT2D eigenvalue weighted by Gasteiger charge is 2.16. The van der Waals surface area contributed by atoms with Gasteiger partial charge in [0.1, 0.15) is 0 Å². The van der Waals surface area contributed by atoms with Gasteiger partial charge in [0.15, 0.2) is 16.3 Å². The highest BCUT2D eigenvalue weighted by atomic mass is 35.5. The molecule has 0 radical (unpaired) electrons. The first-order valence-electron chi connectivity index (χ1n) is 9.14. The Morgan fingerprint density at radius 3 is 2.80 bits per heavy atom. The molecule has 0 saturated carbocycles. The molecule has 5 rings (SSSR count). The van der Waals surface area contributed by atoms with E-state index < -0.39 is 0 Å². The van der Waals surface area contributed by atoms with Crippen LogP contribution in [0.3, 0.4) is 0 Å². The summed E-state index contributed by atoms with van der Waals surface area (Å²) in [6.07, 6.45) is 3.46. The second kappa shape index (κ2) is 8.14. The fourth-order valence-corrected chi connectivity index (χ4v) is 4.66. The van der Waals surface area contributed by atoms with Crippen LogP contribution in [0, 0.1) is 0 Å². The molecular formula is C22H15Cl2N3O2S. The zero-order valence-corrected chi connectivity index (χ0v) is 17.9. The summed E-state index contributed by atoms with van der Waals surface area (Å²) >= 11 is 14.2. The van der Waals surface area contributed by atoms with Gasteiger partial charge in [-0.2, -0.15) is 0 Å². The van der Waals surface area contributed by atoms with Crippen LogP contribution in [-0.2, 0) is 6.54 Å². The summed E-state index contributed by atoms with van der Waals surface area (Å²) in [6.45, 7) is 0.838. The first kappa shape index (κ1) is 19.2. The number of rotatable bonds is 4. The monoisotopic (exact) mass is 455 g/mol. The van der Waals surface area contributed by atoms with Crippen molar-refractivity contribution in [3.63, 3.8) is 0 Å². The van der Waals surface area contributed by atoms with E-state index in [0.717, 1.165) is 38.8 Å². The Labute approximate surface area is 186 Å². The summed E-state index contributed by atoms with van der Waals surface area (Å²) in [7, 11) is 0.